The highest BCUT2D eigenvalue weighted by Gasteiger charge is 2.17. The van der Waals surface area contributed by atoms with Crippen LogP contribution in [0.5, 0.6) is 5.75 Å². The lowest BCUT2D eigenvalue weighted by atomic mass is 9.98. The minimum Gasteiger partial charge on any atom is -0.496 e. The van der Waals surface area contributed by atoms with Crippen molar-refractivity contribution in [3.8, 4) is 5.75 Å². The lowest BCUT2D eigenvalue weighted by Crippen LogP contribution is -2.22. The average molecular weight is 478 g/mol. The van der Waals surface area contributed by atoms with E-state index in [9.17, 15) is 0 Å². The van der Waals surface area contributed by atoms with E-state index in [0.29, 0.717) is 0 Å². The van der Waals surface area contributed by atoms with Gasteiger partial charge in [0.05, 0.1) is 17.6 Å². The van der Waals surface area contributed by atoms with E-state index >= 15 is 0 Å². The van der Waals surface area contributed by atoms with Crippen molar-refractivity contribution in [1.29, 1.82) is 0 Å². The Bertz CT molecular complexity index is 631. The van der Waals surface area contributed by atoms with E-state index in [0.717, 1.165) is 25.7 Å². The number of methoxy groups -OCH3 is 1. The topological polar surface area (TPSA) is 21.3 Å². The summed E-state index contributed by atoms with van der Waals surface area (Å²) in [5, 5.41) is 3.53. The molecule has 1 atom stereocenters. The molecule has 0 heterocycles. The maximum atomic E-state index is 5.30. The predicted molar refractivity (Wildman–Crippen MR) is 98.1 cm³/mol. The predicted octanol–water partition coefficient (Wildman–Crippen LogP) is 5.68. The monoisotopic (exact) mass is 475 g/mol. The molecule has 2 aromatic carbocycles. The van der Waals surface area contributed by atoms with Crippen molar-refractivity contribution < 1.29 is 4.74 Å². The van der Waals surface area contributed by atoms with Gasteiger partial charge in [0.2, 0.25) is 0 Å². The third kappa shape index (κ3) is 4.09. The zero-order chi connectivity index (χ0) is 15.4. The standard InChI is InChI=1S/C16H16Br3NO/c1-3-20-16(12-6-5-11(17)9-13(12)18)10-4-7-15(21-2)14(19)8-10/h4-9,16,20H,3H2,1-2H3. The van der Waals surface area contributed by atoms with Crippen molar-refractivity contribution in [3.63, 3.8) is 0 Å². The van der Waals surface area contributed by atoms with Crippen molar-refractivity contribution in [2.45, 2.75) is 13.0 Å². The fourth-order valence-corrected chi connectivity index (χ4v) is 4.04. The summed E-state index contributed by atoms with van der Waals surface area (Å²) in [6.07, 6.45) is 0. The fraction of sp³-hybridized carbons (Fsp3) is 0.250. The van der Waals surface area contributed by atoms with Crippen molar-refractivity contribution >= 4 is 47.8 Å². The van der Waals surface area contributed by atoms with E-state index in [1.807, 2.05) is 6.07 Å². The molecule has 0 aromatic heterocycles. The van der Waals surface area contributed by atoms with Crippen molar-refractivity contribution in [1.82, 2.24) is 5.32 Å². The van der Waals surface area contributed by atoms with Gasteiger partial charge in [-0.1, -0.05) is 50.9 Å². The molecule has 0 saturated carbocycles. The lowest BCUT2D eigenvalue weighted by molar-refractivity contribution is 0.412. The number of hydrogen-bond acceptors (Lipinski definition) is 2. The number of rotatable bonds is 5. The first-order chi connectivity index (χ1) is 10.1. The fourth-order valence-electron chi connectivity index (χ4n) is 2.21. The normalized spacial score (nSPS) is 12.2. The Morgan fingerprint density at radius 1 is 1.05 bits per heavy atom. The Hall–Kier alpha value is -0.360. The Morgan fingerprint density at radius 2 is 1.81 bits per heavy atom. The molecular weight excluding hydrogens is 462 g/mol. The molecule has 0 aliphatic heterocycles. The molecule has 112 valence electrons. The van der Waals surface area contributed by atoms with Crippen LogP contribution in [0.25, 0.3) is 0 Å². The summed E-state index contributed by atoms with van der Waals surface area (Å²) < 4.78 is 8.40. The third-order valence-electron chi connectivity index (χ3n) is 3.19. The number of halogens is 3. The molecular formula is C16H16Br3NO. The van der Waals surface area contributed by atoms with Gasteiger partial charge in [0, 0.05) is 8.95 Å². The maximum absolute atomic E-state index is 5.30. The molecule has 0 radical (unpaired) electrons. The van der Waals surface area contributed by atoms with Gasteiger partial charge >= 0.3 is 0 Å². The first-order valence-corrected chi connectivity index (χ1v) is 8.96. The Labute approximate surface area is 150 Å². The maximum Gasteiger partial charge on any atom is 0.133 e. The molecule has 2 rings (SSSR count). The Kier molecular flexibility index (Phi) is 6.29. The van der Waals surface area contributed by atoms with Crippen LogP contribution in [0, 0.1) is 0 Å². The zero-order valence-electron chi connectivity index (χ0n) is 11.8. The Balaban J connectivity index is 2.45. The van der Waals surface area contributed by atoms with E-state index in [4.69, 9.17) is 4.74 Å². The highest BCUT2D eigenvalue weighted by Crippen LogP contribution is 2.34. The second kappa shape index (κ2) is 7.77. The quantitative estimate of drug-likeness (QED) is 0.598. The molecule has 21 heavy (non-hydrogen) atoms. The molecule has 0 saturated heterocycles. The summed E-state index contributed by atoms with van der Waals surface area (Å²) in [6.45, 7) is 3.00. The van der Waals surface area contributed by atoms with Crippen LogP contribution in [-0.4, -0.2) is 13.7 Å². The van der Waals surface area contributed by atoms with Crippen molar-refractivity contribution in [3.05, 3.63) is 60.9 Å². The van der Waals surface area contributed by atoms with Crippen LogP contribution in [-0.2, 0) is 0 Å². The van der Waals surface area contributed by atoms with Crippen molar-refractivity contribution in [2.75, 3.05) is 13.7 Å². The van der Waals surface area contributed by atoms with Gasteiger partial charge in [-0.15, -0.1) is 0 Å². The van der Waals surface area contributed by atoms with E-state index < -0.39 is 0 Å². The van der Waals surface area contributed by atoms with Gasteiger partial charge in [-0.25, -0.2) is 0 Å². The van der Waals surface area contributed by atoms with Crippen molar-refractivity contribution in [2.24, 2.45) is 0 Å². The van der Waals surface area contributed by atoms with Crippen LogP contribution in [0.15, 0.2) is 49.8 Å². The first kappa shape index (κ1) is 17.0. The van der Waals surface area contributed by atoms with E-state index in [1.54, 1.807) is 7.11 Å². The minimum absolute atomic E-state index is 0.125. The number of hydrogen-bond donors (Lipinski definition) is 1. The highest BCUT2D eigenvalue weighted by atomic mass is 79.9. The summed E-state index contributed by atoms with van der Waals surface area (Å²) in [5.74, 6) is 0.837. The number of ether oxygens (including phenoxy) is 1. The number of nitrogens with one attached hydrogen (secondary N) is 1. The van der Waals surface area contributed by atoms with Gasteiger partial charge in [0.1, 0.15) is 5.75 Å². The van der Waals surface area contributed by atoms with Crippen LogP contribution in [0.1, 0.15) is 24.1 Å². The van der Waals surface area contributed by atoms with E-state index in [1.165, 1.54) is 11.1 Å². The summed E-state index contributed by atoms with van der Waals surface area (Å²) in [6, 6.07) is 12.5. The second-order valence-corrected chi connectivity index (χ2v) is 7.17. The molecule has 0 fully saturated rings. The van der Waals surface area contributed by atoms with E-state index in [-0.39, 0.29) is 6.04 Å². The molecule has 1 N–H and O–H groups in total. The largest absolute Gasteiger partial charge is 0.496 e. The third-order valence-corrected chi connectivity index (χ3v) is 4.99. The lowest BCUT2D eigenvalue weighted by Gasteiger charge is -2.21. The van der Waals surface area contributed by atoms with Gasteiger partial charge < -0.3 is 10.1 Å². The molecule has 1 unspecified atom stereocenters. The van der Waals surface area contributed by atoms with Gasteiger partial charge in [-0.3, -0.25) is 0 Å². The van der Waals surface area contributed by atoms with Crippen LogP contribution in [0.4, 0.5) is 0 Å². The molecule has 0 bridgehead atoms. The zero-order valence-corrected chi connectivity index (χ0v) is 16.5. The average Bonchev–Trinajstić information content (AvgIpc) is 2.45. The molecule has 2 nitrogen and oxygen atoms in total. The van der Waals surface area contributed by atoms with Crippen LogP contribution < -0.4 is 10.1 Å². The Morgan fingerprint density at radius 3 is 2.38 bits per heavy atom. The second-order valence-electron chi connectivity index (χ2n) is 4.55. The van der Waals surface area contributed by atoms with E-state index in [2.05, 4.69) is 90.4 Å². The first-order valence-electron chi connectivity index (χ1n) is 6.58. The SMILES string of the molecule is CCNC(c1ccc(OC)c(Br)c1)c1ccc(Br)cc1Br. The summed E-state index contributed by atoms with van der Waals surface area (Å²) in [4.78, 5) is 0. The molecule has 5 heteroatoms. The van der Waals surface area contributed by atoms with Gasteiger partial charge in [-0.2, -0.15) is 0 Å². The summed E-state index contributed by atoms with van der Waals surface area (Å²) in [7, 11) is 1.67. The molecule has 0 aliphatic rings. The molecule has 0 amide bonds. The van der Waals surface area contributed by atoms with Crippen LogP contribution in [0.2, 0.25) is 0 Å². The summed E-state index contributed by atoms with van der Waals surface area (Å²) >= 11 is 10.7. The van der Waals surface area contributed by atoms with Gasteiger partial charge in [0.15, 0.2) is 0 Å². The van der Waals surface area contributed by atoms with Crippen LogP contribution in [0.3, 0.4) is 0 Å². The molecule has 0 spiro atoms. The van der Waals surface area contributed by atoms with Crippen LogP contribution >= 0.6 is 47.8 Å². The minimum atomic E-state index is 0.125. The molecule has 0 aliphatic carbocycles. The molecule has 2 aromatic rings. The smallest absolute Gasteiger partial charge is 0.133 e. The summed E-state index contributed by atoms with van der Waals surface area (Å²) in [5.41, 5.74) is 2.39. The van der Waals surface area contributed by atoms with Gasteiger partial charge in [-0.05, 0) is 57.9 Å². The number of benzene rings is 2. The van der Waals surface area contributed by atoms with Gasteiger partial charge in [0.25, 0.3) is 0 Å². The highest BCUT2D eigenvalue weighted by molar-refractivity contribution is 9.11.